The number of carbonyl (C=O) groups is 2. The second-order valence-electron chi connectivity index (χ2n) is 8.31. The Hall–Kier alpha value is -2.36. The van der Waals surface area contributed by atoms with Crippen molar-refractivity contribution in [3.8, 4) is 0 Å². The number of ether oxygens (including phenoxy) is 1. The number of hydrogen-bond donors (Lipinski definition) is 1. The van der Waals surface area contributed by atoms with Gasteiger partial charge in [0.15, 0.2) is 0 Å². The number of esters is 1. The van der Waals surface area contributed by atoms with Crippen molar-refractivity contribution in [3.63, 3.8) is 0 Å². The lowest BCUT2D eigenvalue weighted by molar-refractivity contribution is -0.120. The highest BCUT2D eigenvalue weighted by Crippen LogP contribution is 2.32. The van der Waals surface area contributed by atoms with Crippen molar-refractivity contribution in [1.29, 1.82) is 0 Å². The van der Waals surface area contributed by atoms with Crippen LogP contribution in [0.3, 0.4) is 0 Å². The summed E-state index contributed by atoms with van der Waals surface area (Å²) >= 11 is 5.99. The van der Waals surface area contributed by atoms with Crippen LogP contribution in [0.1, 0.15) is 47.1 Å². The largest absolute Gasteiger partial charge is 0.462 e. The topological polar surface area (TPSA) is 97.7 Å². The summed E-state index contributed by atoms with van der Waals surface area (Å²) in [5.74, 6) is -1.42. The Morgan fingerprint density at radius 3 is 2.55 bits per heavy atom. The Labute approximate surface area is 199 Å². The number of carbonyl (C=O) groups excluding carboxylic acids is 2. The van der Waals surface area contributed by atoms with Crippen LogP contribution in [0, 0.1) is 26.7 Å². The Morgan fingerprint density at radius 2 is 1.91 bits per heavy atom. The van der Waals surface area contributed by atoms with Gasteiger partial charge in [0.1, 0.15) is 10.5 Å². The summed E-state index contributed by atoms with van der Waals surface area (Å²) in [6.45, 7) is 7.34. The van der Waals surface area contributed by atoms with E-state index in [1.165, 1.54) is 4.31 Å². The smallest absolute Gasteiger partial charge is 0.341 e. The van der Waals surface area contributed by atoms with Crippen LogP contribution in [-0.4, -0.2) is 48.9 Å². The summed E-state index contributed by atoms with van der Waals surface area (Å²) in [5.41, 5.74) is 2.50. The fourth-order valence-electron chi connectivity index (χ4n) is 4.18. The van der Waals surface area contributed by atoms with Crippen molar-refractivity contribution in [2.45, 2.75) is 45.4 Å². The SMILES string of the molecule is CCOC(=O)c1c(S(=O)(=O)N2CCC[C@H](C(=O)Nc3ccc(Cl)cc3C)C2)c(C)n(C)c1C. The first-order valence-corrected chi connectivity index (χ1v) is 12.7. The van der Waals surface area contributed by atoms with Gasteiger partial charge in [-0.1, -0.05) is 11.6 Å². The molecular weight excluding hydrogens is 466 g/mol. The Morgan fingerprint density at radius 1 is 1.21 bits per heavy atom. The number of sulfonamides is 1. The molecule has 1 aliphatic rings. The number of halogens is 1. The number of nitrogens with zero attached hydrogens (tertiary/aromatic N) is 2. The highest BCUT2D eigenvalue weighted by atomic mass is 35.5. The van der Waals surface area contributed by atoms with Crippen LogP contribution in [0.25, 0.3) is 0 Å². The van der Waals surface area contributed by atoms with Crippen LogP contribution in [0.2, 0.25) is 5.02 Å². The number of rotatable bonds is 6. The third-order valence-corrected chi connectivity index (χ3v) is 8.46. The van der Waals surface area contributed by atoms with Crippen LogP contribution < -0.4 is 5.32 Å². The molecule has 1 aromatic carbocycles. The average molecular weight is 496 g/mol. The summed E-state index contributed by atoms with van der Waals surface area (Å²) in [5, 5.41) is 3.47. The molecule has 10 heteroatoms. The molecule has 1 saturated heterocycles. The van der Waals surface area contributed by atoms with E-state index in [0.717, 1.165) is 5.56 Å². The van der Waals surface area contributed by atoms with Gasteiger partial charge in [-0.3, -0.25) is 4.79 Å². The van der Waals surface area contributed by atoms with Crippen LogP contribution in [0.15, 0.2) is 23.1 Å². The van der Waals surface area contributed by atoms with Crippen molar-refractivity contribution in [3.05, 3.63) is 45.7 Å². The Kier molecular flexibility index (Phi) is 7.55. The van der Waals surface area contributed by atoms with Crippen LogP contribution in [0.5, 0.6) is 0 Å². The van der Waals surface area contributed by atoms with Crippen molar-refractivity contribution < 1.29 is 22.7 Å². The molecule has 0 aliphatic carbocycles. The minimum atomic E-state index is -4.03. The predicted octanol–water partition coefficient (Wildman–Crippen LogP) is 3.82. The van der Waals surface area contributed by atoms with E-state index in [2.05, 4.69) is 5.32 Å². The molecule has 2 aromatic rings. The molecule has 0 radical (unpaired) electrons. The van der Waals surface area contributed by atoms with E-state index in [-0.39, 0.29) is 36.1 Å². The molecule has 1 N–H and O–H groups in total. The minimum Gasteiger partial charge on any atom is -0.462 e. The number of piperidine rings is 1. The van der Waals surface area contributed by atoms with Gasteiger partial charge in [-0.15, -0.1) is 0 Å². The molecule has 1 atom stereocenters. The fraction of sp³-hybridized carbons (Fsp3) is 0.478. The van der Waals surface area contributed by atoms with Gasteiger partial charge in [-0.2, -0.15) is 4.31 Å². The summed E-state index contributed by atoms with van der Waals surface area (Å²) in [4.78, 5) is 25.5. The molecule has 0 saturated carbocycles. The lowest BCUT2D eigenvalue weighted by Crippen LogP contribution is -2.44. The van der Waals surface area contributed by atoms with E-state index < -0.39 is 21.9 Å². The van der Waals surface area contributed by atoms with Gasteiger partial charge in [-0.25, -0.2) is 13.2 Å². The van der Waals surface area contributed by atoms with Gasteiger partial charge in [0.25, 0.3) is 0 Å². The Balaban J connectivity index is 1.88. The Bertz CT molecular complexity index is 1190. The highest BCUT2D eigenvalue weighted by molar-refractivity contribution is 7.89. The lowest BCUT2D eigenvalue weighted by atomic mass is 9.98. The maximum Gasteiger partial charge on any atom is 0.341 e. The predicted molar refractivity (Wildman–Crippen MR) is 127 cm³/mol. The lowest BCUT2D eigenvalue weighted by Gasteiger charge is -2.31. The van der Waals surface area contributed by atoms with Gasteiger partial charge in [0.2, 0.25) is 15.9 Å². The number of benzene rings is 1. The highest BCUT2D eigenvalue weighted by Gasteiger charge is 2.39. The molecule has 0 spiro atoms. The molecule has 8 nitrogen and oxygen atoms in total. The number of aromatic nitrogens is 1. The van der Waals surface area contributed by atoms with Crippen molar-refractivity contribution in [1.82, 2.24) is 8.87 Å². The first-order chi connectivity index (χ1) is 15.5. The number of aryl methyl sites for hydroxylation is 1. The molecule has 0 bridgehead atoms. The van der Waals surface area contributed by atoms with E-state index in [9.17, 15) is 18.0 Å². The van der Waals surface area contributed by atoms with Crippen molar-refractivity contribution in [2.24, 2.45) is 13.0 Å². The van der Waals surface area contributed by atoms with Crippen LogP contribution in [0.4, 0.5) is 5.69 Å². The van der Waals surface area contributed by atoms with Crippen LogP contribution in [-0.2, 0) is 26.6 Å². The summed E-state index contributed by atoms with van der Waals surface area (Å²) in [6.07, 6.45) is 1.11. The standard InChI is InChI=1S/C23H30ClN3O5S/c1-6-32-23(29)20-15(3)26(5)16(4)21(20)33(30,31)27-11-7-8-17(13-27)22(28)25-19-10-9-18(24)12-14(19)2/h9-10,12,17H,6-8,11,13H2,1-5H3,(H,25,28)/t17-/m0/s1. The van der Waals surface area contributed by atoms with Crippen LogP contribution >= 0.6 is 11.6 Å². The van der Waals surface area contributed by atoms with Gasteiger partial charge >= 0.3 is 5.97 Å². The number of anilines is 1. The monoisotopic (exact) mass is 495 g/mol. The maximum atomic E-state index is 13.7. The van der Waals surface area contributed by atoms with E-state index in [0.29, 0.717) is 34.9 Å². The molecule has 0 unspecified atom stereocenters. The average Bonchev–Trinajstić information content (AvgIpc) is 3.00. The second kappa shape index (κ2) is 9.87. The zero-order valence-electron chi connectivity index (χ0n) is 19.6. The first kappa shape index (κ1) is 25.3. The van der Waals surface area contributed by atoms with E-state index in [4.69, 9.17) is 16.3 Å². The number of hydrogen-bond acceptors (Lipinski definition) is 5. The molecule has 33 heavy (non-hydrogen) atoms. The molecule has 2 heterocycles. The first-order valence-electron chi connectivity index (χ1n) is 10.9. The normalized spacial score (nSPS) is 17.1. The van der Waals surface area contributed by atoms with E-state index in [1.807, 2.05) is 6.92 Å². The number of amides is 1. The zero-order valence-corrected chi connectivity index (χ0v) is 21.1. The summed E-state index contributed by atoms with van der Waals surface area (Å²) < 4.78 is 35.5. The fourth-order valence-corrected chi connectivity index (χ4v) is 6.41. The third-order valence-electron chi connectivity index (χ3n) is 6.20. The van der Waals surface area contributed by atoms with Crippen molar-refractivity contribution >= 4 is 39.2 Å². The van der Waals surface area contributed by atoms with Gasteiger partial charge in [0, 0.05) is 42.2 Å². The minimum absolute atomic E-state index is 0.0381. The molecule has 1 aliphatic heterocycles. The molecule has 180 valence electrons. The summed E-state index contributed by atoms with van der Waals surface area (Å²) in [7, 11) is -2.31. The van der Waals surface area contributed by atoms with Crippen molar-refractivity contribution in [2.75, 3.05) is 25.0 Å². The molecule has 1 aromatic heterocycles. The quantitative estimate of drug-likeness (QED) is 0.614. The van der Waals surface area contributed by atoms with Gasteiger partial charge in [-0.05, 0) is 64.3 Å². The molecule has 1 amide bonds. The second-order valence-corrected chi connectivity index (χ2v) is 10.6. The maximum absolute atomic E-state index is 13.7. The summed E-state index contributed by atoms with van der Waals surface area (Å²) in [6, 6.07) is 5.18. The van der Waals surface area contributed by atoms with Gasteiger partial charge < -0.3 is 14.6 Å². The van der Waals surface area contributed by atoms with E-state index in [1.54, 1.807) is 50.6 Å². The van der Waals surface area contributed by atoms with E-state index >= 15 is 0 Å². The van der Waals surface area contributed by atoms with Gasteiger partial charge in [0.05, 0.1) is 12.5 Å². The molecule has 1 fully saturated rings. The molecular formula is C23H30ClN3O5S. The third kappa shape index (κ3) is 4.95. The number of nitrogens with one attached hydrogen (secondary N) is 1. The molecule has 3 rings (SSSR count). The zero-order chi connectivity index (χ0) is 24.5.